The van der Waals surface area contributed by atoms with E-state index in [9.17, 15) is 14.4 Å². The average molecular weight is 399 g/mol. The molecular formula is C23H30N2O4. The second kappa shape index (κ2) is 8.27. The third-order valence-corrected chi connectivity index (χ3v) is 6.78. The fraction of sp³-hybridized carbons (Fsp3) is 0.609. The molecule has 1 aromatic carbocycles. The minimum absolute atomic E-state index is 0.0277. The van der Waals surface area contributed by atoms with Crippen LogP contribution in [0.5, 0.6) is 5.75 Å². The van der Waals surface area contributed by atoms with Gasteiger partial charge in [0.2, 0.25) is 11.8 Å². The lowest BCUT2D eigenvalue weighted by Gasteiger charge is -2.33. The van der Waals surface area contributed by atoms with E-state index in [0.29, 0.717) is 12.8 Å². The molecule has 1 spiro atoms. The second-order valence-corrected chi connectivity index (χ2v) is 8.61. The van der Waals surface area contributed by atoms with Crippen LogP contribution >= 0.6 is 0 Å². The van der Waals surface area contributed by atoms with Crippen molar-refractivity contribution >= 4 is 17.6 Å². The van der Waals surface area contributed by atoms with Gasteiger partial charge in [0.1, 0.15) is 5.75 Å². The number of nitrogens with zero attached hydrogens (tertiary/aromatic N) is 2. The Hall–Kier alpha value is -2.21. The highest BCUT2D eigenvalue weighted by atomic mass is 16.5. The summed E-state index contributed by atoms with van der Waals surface area (Å²) in [4.78, 5) is 42.2. The van der Waals surface area contributed by atoms with E-state index in [-0.39, 0.29) is 30.6 Å². The van der Waals surface area contributed by atoms with E-state index in [2.05, 4.69) is 4.90 Å². The molecule has 2 amide bonds. The van der Waals surface area contributed by atoms with Gasteiger partial charge in [0, 0.05) is 19.4 Å². The van der Waals surface area contributed by atoms with Crippen molar-refractivity contribution in [1.82, 2.24) is 9.80 Å². The molecule has 1 aromatic rings. The summed E-state index contributed by atoms with van der Waals surface area (Å²) < 4.78 is 5.32. The number of ether oxygens (including phenoxy) is 1. The number of fused-ring (bicyclic) bond motifs is 2. The highest BCUT2D eigenvalue weighted by Gasteiger charge is 2.54. The molecule has 0 radical (unpaired) electrons. The number of piperidine rings is 1. The van der Waals surface area contributed by atoms with Crippen LogP contribution in [0.3, 0.4) is 0 Å². The summed E-state index contributed by atoms with van der Waals surface area (Å²) in [5.74, 6) is 0.326. The molecule has 29 heavy (non-hydrogen) atoms. The van der Waals surface area contributed by atoms with Crippen LogP contribution in [-0.2, 0) is 26.2 Å². The van der Waals surface area contributed by atoms with E-state index in [0.717, 1.165) is 49.4 Å². The lowest BCUT2D eigenvalue weighted by molar-refractivity contribution is -0.143. The Labute approximate surface area is 172 Å². The molecule has 6 nitrogen and oxygen atoms in total. The van der Waals surface area contributed by atoms with E-state index in [1.807, 2.05) is 18.2 Å². The van der Waals surface area contributed by atoms with E-state index in [4.69, 9.17) is 4.74 Å². The van der Waals surface area contributed by atoms with Gasteiger partial charge >= 0.3 is 0 Å². The quantitative estimate of drug-likeness (QED) is 0.689. The maximum atomic E-state index is 13.4. The number of hydrogen-bond acceptors (Lipinski definition) is 5. The van der Waals surface area contributed by atoms with Crippen LogP contribution in [0.15, 0.2) is 18.2 Å². The zero-order chi connectivity index (χ0) is 20.4. The lowest BCUT2D eigenvalue weighted by Crippen LogP contribution is -2.43. The number of methoxy groups -OCH3 is 1. The third kappa shape index (κ3) is 3.82. The zero-order valence-corrected chi connectivity index (χ0v) is 17.2. The number of Topliss-reactive ketones (excluding diaryl/α,β-unsaturated/α-hetero) is 1. The number of aryl methyl sites for hydroxylation is 1. The van der Waals surface area contributed by atoms with Gasteiger partial charge in [-0.25, -0.2) is 0 Å². The first-order valence-electron chi connectivity index (χ1n) is 10.8. The topological polar surface area (TPSA) is 66.9 Å². The first-order valence-corrected chi connectivity index (χ1v) is 10.8. The van der Waals surface area contributed by atoms with E-state index in [1.54, 1.807) is 7.11 Å². The molecule has 1 unspecified atom stereocenters. The molecule has 2 saturated heterocycles. The minimum Gasteiger partial charge on any atom is -0.497 e. The van der Waals surface area contributed by atoms with Crippen molar-refractivity contribution in [3.8, 4) is 5.75 Å². The molecule has 0 aromatic heterocycles. The maximum Gasteiger partial charge on any atom is 0.240 e. The van der Waals surface area contributed by atoms with Crippen molar-refractivity contribution in [1.29, 1.82) is 0 Å². The van der Waals surface area contributed by atoms with Crippen molar-refractivity contribution in [3.63, 3.8) is 0 Å². The number of likely N-dealkylation sites (tertiary alicyclic amines) is 2. The number of imide groups is 1. The number of benzene rings is 1. The molecule has 3 aliphatic rings. The highest BCUT2D eigenvalue weighted by Crippen LogP contribution is 2.46. The van der Waals surface area contributed by atoms with Crippen molar-refractivity contribution in [2.45, 2.75) is 56.8 Å². The molecule has 0 saturated carbocycles. The van der Waals surface area contributed by atoms with Crippen molar-refractivity contribution < 1.29 is 19.1 Å². The SMILES string of the molecule is COc1ccc2c(c1)CCCC21CC(=O)N(CC(=O)CCN2CCCCC2)C1=O. The van der Waals surface area contributed by atoms with Gasteiger partial charge in [-0.1, -0.05) is 12.5 Å². The van der Waals surface area contributed by atoms with Gasteiger partial charge in [0.25, 0.3) is 0 Å². The molecule has 0 N–H and O–H groups in total. The van der Waals surface area contributed by atoms with Gasteiger partial charge < -0.3 is 9.64 Å². The number of hydrogen-bond donors (Lipinski definition) is 0. The fourth-order valence-corrected chi connectivity index (χ4v) is 5.17. The van der Waals surface area contributed by atoms with Crippen molar-refractivity contribution in [3.05, 3.63) is 29.3 Å². The highest BCUT2D eigenvalue weighted by molar-refractivity contribution is 6.11. The van der Waals surface area contributed by atoms with E-state index < -0.39 is 5.41 Å². The van der Waals surface area contributed by atoms with Crippen LogP contribution in [-0.4, -0.2) is 60.7 Å². The minimum atomic E-state index is -0.802. The van der Waals surface area contributed by atoms with Crippen molar-refractivity contribution in [2.24, 2.45) is 0 Å². The molecule has 0 bridgehead atoms. The first-order chi connectivity index (χ1) is 14.0. The number of ketones is 1. The summed E-state index contributed by atoms with van der Waals surface area (Å²) in [7, 11) is 1.63. The molecule has 2 fully saturated rings. The van der Waals surface area contributed by atoms with Crippen LogP contribution in [0.1, 0.15) is 56.1 Å². The van der Waals surface area contributed by atoms with Gasteiger partial charge in [-0.05, 0) is 68.5 Å². The van der Waals surface area contributed by atoms with Crippen LogP contribution in [0.2, 0.25) is 0 Å². The normalized spacial score (nSPS) is 24.8. The summed E-state index contributed by atoms with van der Waals surface area (Å²) in [5, 5.41) is 0. The van der Waals surface area contributed by atoms with Crippen LogP contribution in [0.25, 0.3) is 0 Å². The van der Waals surface area contributed by atoms with Gasteiger partial charge in [-0.15, -0.1) is 0 Å². The fourth-order valence-electron chi connectivity index (χ4n) is 5.17. The Kier molecular flexibility index (Phi) is 5.72. The maximum absolute atomic E-state index is 13.4. The van der Waals surface area contributed by atoms with Crippen LogP contribution < -0.4 is 4.74 Å². The number of carbonyl (C=O) groups excluding carboxylic acids is 3. The monoisotopic (exact) mass is 398 g/mol. The largest absolute Gasteiger partial charge is 0.497 e. The second-order valence-electron chi connectivity index (χ2n) is 8.61. The molecule has 156 valence electrons. The number of carbonyl (C=O) groups is 3. The summed E-state index contributed by atoms with van der Waals surface area (Å²) in [6.07, 6.45) is 6.60. The molecule has 1 atom stereocenters. The number of rotatable bonds is 6. The summed E-state index contributed by atoms with van der Waals surface area (Å²) in [6, 6.07) is 5.76. The Morgan fingerprint density at radius 2 is 1.93 bits per heavy atom. The summed E-state index contributed by atoms with van der Waals surface area (Å²) in [5.41, 5.74) is 1.21. The van der Waals surface area contributed by atoms with Gasteiger partial charge in [-0.3, -0.25) is 19.3 Å². The molecule has 4 rings (SSSR count). The lowest BCUT2D eigenvalue weighted by atomic mass is 9.69. The van der Waals surface area contributed by atoms with Crippen LogP contribution in [0, 0.1) is 0 Å². The number of amides is 2. The van der Waals surface area contributed by atoms with Gasteiger partial charge in [0.15, 0.2) is 5.78 Å². The molecule has 6 heteroatoms. The molecule has 2 heterocycles. The molecule has 2 aliphatic heterocycles. The predicted molar refractivity (Wildman–Crippen MR) is 109 cm³/mol. The van der Waals surface area contributed by atoms with E-state index >= 15 is 0 Å². The third-order valence-electron chi connectivity index (χ3n) is 6.78. The Morgan fingerprint density at radius 1 is 1.14 bits per heavy atom. The standard InChI is InChI=1S/C23H30N2O4/c1-29-19-7-8-20-17(14-19)6-5-10-23(20)15-21(27)25(22(23)28)16-18(26)9-13-24-11-3-2-4-12-24/h7-8,14H,2-6,9-13,15-16H2,1H3. The van der Waals surface area contributed by atoms with Gasteiger partial charge in [0.05, 0.1) is 19.1 Å². The first kappa shape index (κ1) is 20.1. The summed E-state index contributed by atoms with van der Waals surface area (Å²) >= 11 is 0. The van der Waals surface area contributed by atoms with Crippen LogP contribution in [0.4, 0.5) is 0 Å². The Morgan fingerprint density at radius 3 is 2.69 bits per heavy atom. The molecule has 1 aliphatic carbocycles. The Balaban J connectivity index is 1.46. The van der Waals surface area contributed by atoms with Crippen molar-refractivity contribution in [2.75, 3.05) is 33.3 Å². The predicted octanol–water partition coefficient (Wildman–Crippen LogP) is 2.47. The summed E-state index contributed by atoms with van der Waals surface area (Å²) in [6.45, 7) is 2.72. The Bertz CT molecular complexity index is 815. The molecular weight excluding hydrogens is 368 g/mol. The zero-order valence-electron chi connectivity index (χ0n) is 17.2. The van der Waals surface area contributed by atoms with E-state index in [1.165, 1.54) is 24.2 Å². The van der Waals surface area contributed by atoms with Gasteiger partial charge in [-0.2, -0.15) is 0 Å². The average Bonchev–Trinajstić information content (AvgIpc) is 2.97. The smallest absolute Gasteiger partial charge is 0.240 e.